The van der Waals surface area contributed by atoms with Crippen LogP contribution in [0.25, 0.3) is 0 Å². The zero-order chi connectivity index (χ0) is 17.0. The van der Waals surface area contributed by atoms with E-state index in [0.29, 0.717) is 37.5 Å². The maximum atomic E-state index is 12.5. The summed E-state index contributed by atoms with van der Waals surface area (Å²) in [5.41, 5.74) is 6.52. The molecule has 2 N–H and O–H groups in total. The van der Waals surface area contributed by atoms with Gasteiger partial charge < -0.3 is 20.3 Å². The number of piperazine rings is 1. The number of amides is 2. The monoisotopic (exact) mass is 319 g/mol. The molecule has 1 saturated heterocycles. The molecule has 1 atom stereocenters. The van der Waals surface area contributed by atoms with Gasteiger partial charge in [0.25, 0.3) is 5.91 Å². The third-order valence-electron chi connectivity index (χ3n) is 4.20. The minimum Gasteiger partial charge on any atom is -0.497 e. The minimum atomic E-state index is -0.476. The summed E-state index contributed by atoms with van der Waals surface area (Å²) in [5.74, 6) is 0.698. The topological polar surface area (TPSA) is 75.9 Å². The van der Waals surface area contributed by atoms with E-state index in [-0.39, 0.29) is 17.7 Å². The van der Waals surface area contributed by atoms with E-state index in [0.717, 1.165) is 0 Å². The number of hydrogen-bond donors (Lipinski definition) is 1. The van der Waals surface area contributed by atoms with E-state index in [4.69, 9.17) is 10.5 Å². The maximum Gasteiger partial charge on any atom is 0.254 e. The number of hydrogen-bond acceptors (Lipinski definition) is 4. The Bertz CT molecular complexity index is 566. The Morgan fingerprint density at radius 2 is 1.74 bits per heavy atom. The standard InChI is InChI=1S/C17H25N3O3/c1-12(2)15(18)17(22)20-9-7-19(8-10-20)16(21)13-5-4-6-14(11-13)23-3/h4-6,11-12,15H,7-10,18H2,1-3H3/t15-/m0/s1. The second kappa shape index (κ2) is 7.46. The number of benzene rings is 1. The number of methoxy groups -OCH3 is 1. The van der Waals surface area contributed by atoms with Crippen LogP contribution in [0.1, 0.15) is 24.2 Å². The average molecular weight is 319 g/mol. The van der Waals surface area contributed by atoms with Gasteiger partial charge in [-0.2, -0.15) is 0 Å². The lowest BCUT2D eigenvalue weighted by atomic mass is 10.0. The fourth-order valence-electron chi connectivity index (χ4n) is 2.56. The summed E-state index contributed by atoms with van der Waals surface area (Å²) in [4.78, 5) is 28.3. The van der Waals surface area contributed by atoms with Crippen molar-refractivity contribution in [3.05, 3.63) is 29.8 Å². The van der Waals surface area contributed by atoms with Gasteiger partial charge >= 0.3 is 0 Å². The van der Waals surface area contributed by atoms with Gasteiger partial charge in [0, 0.05) is 31.7 Å². The first-order chi connectivity index (χ1) is 10.9. The van der Waals surface area contributed by atoms with Gasteiger partial charge in [0.1, 0.15) is 5.75 Å². The quantitative estimate of drug-likeness (QED) is 0.897. The van der Waals surface area contributed by atoms with Crippen molar-refractivity contribution in [2.24, 2.45) is 11.7 Å². The van der Waals surface area contributed by atoms with Crippen LogP contribution >= 0.6 is 0 Å². The summed E-state index contributed by atoms with van der Waals surface area (Å²) in [6, 6.07) is 6.63. The first-order valence-corrected chi connectivity index (χ1v) is 7.91. The number of nitrogens with zero attached hydrogens (tertiary/aromatic N) is 2. The van der Waals surface area contributed by atoms with E-state index in [1.54, 1.807) is 41.2 Å². The molecule has 0 spiro atoms. The molecule has 1 aliphatic rings. The molecule has 1 fully saturated rings. The van der Waals surface area contributed by atoms with Gasteiger partial charge in [-0.05, 0) is 24.1 Å². The van der Waals surface area contributed by atoms with Crippen LogP contribution in [0.5, 0.6) is 5.75 Å². The molecule has 0 saturated carbocycles. The molecule has 6 nitrogen and oxygen atoms in total. The zero-order valence-corrected chi connectivity index (χ0v) is 14.0. The Morgan fingerprint density at radius 3 is 2.30 bits per heavy atom. The van der Waals surface area contributed by atoms with Crippen LogP contribution in [0.15, 0.2) is 24.3 Å². The molecule has 0 radical (unpaired) electrons. The molecule has 1 aromatic carbocycles. The second-order valence-corrected chi connectivity index (χ2v) is 6.12. The Hall–Kier alpha value is -2.08. The van der Waals surface area contributed by atoms with E-state index >= 15 is 0 Å². The van der Waals surface area contributed by atoms with Gasteiger partial charge in [-0.1, -0.05) is 19.9 Å². The first-order valence-electron chi connectivity index (χ1n) is 7.91. The van der Waals surface area contributed by atoms with Crippen molar-refractivity contribution >= 4 is 11.8 Å². The van der Waals surface area contributed by atoms with Gasteiger partial charge in [0.15, 0.2) is 0 Å². The zero-order valence-electron chi connectivity index (χ0n) is 14.0. The fraction of sp³-hybridized carbons (Fsp3) is 0.529. The van der Waals surface area contributed by atoms with Gasteiger partial charge in [0.2, 0.25) is 5.91 Å². The summed E-state index contributed by atoms with van der Waals surface area (Å²) < 4.78 is 5.15. The summed E-state index contributed by atoms with van der Waals surface area (Å²) in [5, 5.41) is 0. The lowest BCUT2D eigenvalue weighted by molar-refractivity contribution is -0.135. The van der Waals surface area contributed by atoms with Gasteiger partial charge in [0.05, 0.1) is 13.2 Å². The van der Waals surface area contributed by atoms with Crippen LogP contribution in [0, 0.1) is 5.92 Å². The molecule has 2 rings (SSSR count). The van der Waals surface area contributed by atoms with Crippen molar-refractivity contribution in [3.8, 4) is 5.75 Å². The van der Waals surface area contributed by atoms with Crippen LogP contribution in [0.3, 0.4) is 0 Å². The Balaban J connectivity index is 1.96. The molecular weight excluding hydrogens is 294 g/mol. The lowest BCUT2D eigenvalue weighted by Gasteiger charge is -2.36. The molecule has 1 heterocycles. The van der Waals surface area contributed by atoms with Crippen LogP contribution in [0.2, 0.25) is 0 Å². The van der Waals surface area contributed by atoms with Crippen LogP contribution in [0.4, 0.5) is 0 Å². The summed E-state index contributed by atoms with van der Waals surface area (Å²) in [6.07, 6.45) is 0. The highest BCUT2D eigenvalue weighted by Gasteiger charge is 2.28. The van der Waals surface area contributed by atoms with E-state index < -0.39 is 6.04 Å². The van der Waals surface area contributed by atoms with Crippen LogP contribution < -0.4 is 10.5 Å². The van der Waals surface area contributed by atoms with Crippen molar-refractivity contribution in [2.45, 2.75) is 19.9 Å². The number of carbonyl (C=O) groups excluding carboxylic acids is 2. The summed E-state index contributed by atoms with van der Waals surface area (Å²) in [6.45, 7) is 5.96. The normalized spacial score (nSPS) is 16.4. The molecule has 0 unspecified atom stereocenters. The van der Waals surface area contributed by atoms with Crippen molar-refractivity contribution < 1.29 is 14.3 Å². The molecule has 6 heteroatoms. The summed E-state index contributed by atoms with van der Waals surface area (Å²) >= 11 is 0. The van der Waals surface area contributed by atoms with Gasteiger partial charge in [-0.15, -0.1) is 0 Å². The number of carbonyl (C=O) groups is 2. The predicted octanol–water partition coefficient (Wildman–Crippen LogP) is 0.963. The Kier molecular flexibility index (Phi) is 5.60. The minimum absolute atomic E-state index is 0.0338. The smallest absolute Gasteiger partial charge is 0.254 e. The first kappa shape index (κ1) is 17.3. The molecular formula is C17H25N3O3. The SMILES string of the molecule is COc1cccc(C(=O)N2CCN(C(=O)[C@@H](N)C(C)C)CC2)c1. The predicted molar refractivity (Wildman–Crippen MR) is 88.3 cm³/mol. The van der Waals surface area contributed by atoms with Crippen molar-refractivity contribution in [1.82, 2.24) is 9.80 Å². The van der Waals surface area contributed by atoms with Gasteiger partial charge in [-0.25, -0.2) is 0 Å². The average Bonchev–Trinajstić information content (AvgIpc) is 2.59. The molecule has 1 aliphatic heterocycles. The summed E-state index contributed by atoms with van der Waals surface area (Å²) in [7, 11) is 1.58. The fourth-order valence-corrected chi connectivity index (χ4v) is 2.56. The molecule has 0 aromatic heterocycles. The van der Waals surface area contributed by atoms with Crippen LogP contribution in [-0.2, 0) is 4.79 Å². The van der Waals surface area contributed by atoms with E-state index in [1.165, 1.54) is 0 Å². The van der Waals surface area contributed by atoms with Crippen molar-refractivity contribution in [3.63, 3.8) is 0 Å². The molecule has 1 aromatic rings. The number of ether oxygens (including phenoxy) is 1. The highest BCUT2D eigenvalue weighted by atomic mass is 16.5. The maximum absolute atomic E-state index is 12.5. The second-order valence-electron chi connectivity index (χ2n) is 6.12. The van der Waals surface area contributed by atoms with Gasteiger partial charge in [-0.3, -0.25) is 9.59 Å². The third-order valence-corrected chi connectivity index (χ3v) is 4.20. The van der Waals surface area contributed by atoms with Crippen LogP contribution in [-0.4, -0.2) is 60.9 Å². The van der Waals surface area contributed by atoms with E-state index in [9.17, 15) is 9.59 Å². The largest absolute Gasteiger partial charge is 0.497 e. The molecule has 0 bridgehead atoms. The molecule has 0 aliphatic carbocycles. The molecule has 23 heavy (non-hydrogen) atoms. The van der Waals surface area contributed by atoms with E-state index in [1.807, 2.05) is 13.8 Å². The number of nitrogens with two attached hydrogens (primary N) is 1. The molecule has 126 valence electrons. The molecule has 2 amide bonds. The third kappa shape index (κ3) is 4.01. The highest BCUT2D eigenvalue weighted by Crippen LogP contribution is 2.16. The lowest BCUT2D eigenvalue weighted by Crippen LogP contribution is -2.55. The highest BCUT2D eigenvalue weighted by molar-refractivity contribution is 5.94. The van der Waals surface area contributed by atoms with Crippen molar-refractivity contribution in [2.75, 3.05) is 33.3 Å². The number of rotatable bonds is 4. The van der Waals surface area contributed by atoms with E-state index in [2.05, 4.69) is 0 Å². The Morgan fingerprint density at radius 1 is 1.13 bits per heavy atom. The Labute approximate surface area is 137 Å². The van der Waals surface area contributed by atoms with Crippen molar-refractivity contribution in [1.29, 1.82) is 0 Å².